The van der Waals surface area contributed by atoms with Crippen molar-refractivity contribution >= 4 is 15.7 Å². The van der Waals surface area contributed by atoms with Crippen molar-refractivity contribution in [2.45, 2.75) is 4.90 Å². The molecule has 0 radical (unpaired) electrons. The van der Waals surface area contributed by atoms with Crippen molar-refractivity contribution in [3.63, 3.8) is 0 Å². The van der Waals surface area contributed by atoms with Crippen LogP contribution in [0.3, 0.4) is 0 Å². The third kappa shape index (κ3) is 4.46. The Morgan fingerprint density at radius 2 is 1.86 bits per heavy atom. The summed E-state index contributed by atoms with van der Waals surface area (Å²) in [4.78, 5) is 11.3. The van der Waals surface area contributed by atoms with Crippen molar-refractivity contribution in [2.24, 2.45) is 0 Å². The van der Waals surface area contributed by atoms with Crippen LogP contribution in [0.2, 0.25) is 0 Å². The fourth-order valence-corrected chi connectivity index (χ4v) is 3.13. The van der Waals surface area contributed by atoms with Crippen LogP contribution in [0.25, 0.3) is 0 Å². The van der Waals surface area contributed by atoms with E-state index in [1.807, 2.05) is 0 Å². The summed E-state index contributed by atoms with van der Waals surface area (Å²) in [6, 6.07) is 4.84. The standard InChI is InChI=1S/C12H17N3O5S/c16-15(17)11-1-3-12(4-2-11)21(18,19)13-5-6-14-7-9-20-10-8-14/h1-4,13H,5-10H2/p+1. The highest BCUT2D eigenvalue weighted by Crippen LogP contribution is 2.15. The number of rotatable bonds is 6. The van der Waals surface area contributed by atoms with Crippen LogP contribution in [0.4, 0.5) is 5.69 Å². The number of nitrogens with zero attached hydrogens (tertiary/aromatic N) is 1. The topological polar surface area (TPSA) is 103 Å². The monoisotopic (exact) mass is 316 g/mol. The number of morpholine rings is 1. The Bertz CT molecular complexity index is 581. The molecule has 1 saturated heterocycles. The molecule has 2 N–H and O–H groups in total. The third-order valence-corrected chi connectivity index (χ3v) is 4.81. The molecule has 0 unspecified atom stereocenters. The normalized spacial score (nSPS) is 16.8. The van der Waals surface area contributed by atoms with Crippen LogP contribution in [0.5, 0.6) is 0 Å². The zero-order valence-electron chi connectivity index (χ0n) is 11.4. The smallest absolute Gasteiger partial charge is 0.269 e. The second-order valence-corrected chi connectivity index (χ2v) is 6.53. The fraction of sp³-hybridized carbons (Fsp3) is 0.500. The lowest BCUT2D eigenvalue weighted by Crippen LogP contribution is -3.14. The van der Waals surface area contributed by atoms with Gasteiger partial charge in [0.1, 0.15) is 13.1 Å². The first-order valence-electron chi connectivity index (χ1n) is 6.64. The maximum Gasteiger partial charge on any atom is 0.269 e. The minimum Gasteiger partial charge on any atom is -0.370 e. The van der Waals surface area contributed by atoms with Gasteiger partial charge in [-0.05, 0) is 12.1 Å². The van der Waals surface area contributed by atoms with Gasteiger partial charge in [-0.25, -0.2) is 13.1 Å². The van der Waals surface area contributed by atoms with Crippen molar-refractivity contribution in [3.8, 4) is 0 Å². The third-order valence-electron chi connectivity index (χ3n) is 3.33. The van der Waals surface area contributed by atoms with Gasteiger partial charge >= 0.3 is 0 Å². The number of ether oxygens (including phenoxy) is 1. The van der Waals surface area contributed by atoms with E-state index in [1.165, 1.54) is 29.2 Å². The van der Waals surface area contributed by atoms with Crippen LogP contribution >= 0.6 is 0 Å². The minimum atomic E-state index is -3.62. The Kier molecular flexibility index (Phi) is 5.23. The van der Waals surface area contributed by atoms with Gasteiger partial charge in [-0.15, -0.1) is 0 Å². The Labute approximate surface area is 122 Å². The van der Waals surface area contributed by atoms with Gasteiger partial charge in [-0.1, -0.05) is 0 Å². The predicted molar refractivity (Wildman–Crippen MR) is 74.7 cm³/mol. The van der Waals surface area contributed by atoms with Gasteiger partial charge in [-0.2, -0.15) is 0 Å². The number of quaternary nitrogens is 1. The van der Waals surface area contributed by atoms with Crippen LogP contribution in [0.1, 0.15) is 0 Å². The first kappa shape index (κ1) is 15.8. The molecule has 0 amide bonds. The molecule has 0 bridgehead atoms. The summed E-state index contributed by atoms with van der Waals surface area (Å²) < 4.78 is 31.8. The lowest BCUT2D eigenvalue weighted by molar-refractivity contribution is -0.906. The summed E-state index contributed by atoms with van der Waals surface area (Å²) in [7, 11) is -3.62. The molecule has 1 aliphatic heterocycles. The van der Waals surface area contributed by atoms with Crippen LogP contribution in [0.15, 0.2) is 29.2 Å². The van der Waals surface area contributed by atoms with Gasteiger partial charge < -0.3 is 9.64 Å². The van der Waals surface area contributed by atoms with E-state index in [-0.39, 0.29) is 10.6 Å². The average molecular weight is 316 g/mol. The molecule has 1 fully saturated rings. The van der Waals surface area contributed by atoms with Crippen LogP contribution in [-0.4, -0.2) is 52.7 Å². The molecule has 0 saturated carbocycles. The van der Waals surface area contributed by atoms with E-state index in [2.05, 4.69) is 4.72 Å². The number of nitro groups is 1. The van der Waals surface area contributed by atoms with E-state index in [1.54, 1.807) is 0 Å². The first-order chi connectivity index (χ1) is 9.99. The first-order valence-corrected chi connectivity index (χ1v) is 8.13. The summed E-state index contributed by atoms with van der Waals surface area (Å²) in [6.07, 6.45) is 0. The molecule has 1 aromatic rings. The van der Waals surface area contributed by atoms with E-state index in [0.717, 1.165) is 13.1 Å². The molecule has 2 rings (SSSR count). The molecule has 1 aromatic carbocycles. The van der Waals surface area contributed by atoms with Crippen LogP contribution in [-0.2, 0) is 14.8 Å². The molecule has 116 valence electrons. The summed E-state index contributed by atoms with van der Waals surface area (Å²) in [5, 5.41) is 10.5. The van der Waals surface area contributed by atoms with Crippen molar-refractivity contribution in [3.05, 3.63) is 34.4 Å². The molecule has 9 heteroatoms. The number of benzene rings is 1. The average Bonchev–Trinajstić information content (AvgIpc) is 2.48. The molecule has 8 nitrogen and oxygen atoms in total. The van der Waals surface area contributed by atoms with Gasteiger partial charge in [0, 0.05) is 12.1 Å². The van der Waals surface area contributed by atoms with E-state index >= 15 is 0 Å². The van der Waals surface area contributed by atoms with Crippen molar-refractivity contribution < 1.29 is 23.0 Å². The summed E-state index contributed by atoms with van der Waals surface area (Å²) >= 11 is 0. The van der Waals surface area contributed by atoms with Gasteiger partial charge in [0.2, 0.25) is 10.0 Å². The number of non-ortho nitro benzene ring substituents is 1. The van der Waals surface area contributed by atoms with E-state index < -0.39 is 14.9 Å². The summed E-state index contributed by atoms with van der Waals surface area (Å²) in [5.41, 5.74) is -0.133. The van der Waals surface area contributed by atoms with Crippen molar-refractivity contribution in [1.82, 2.24) is 4.72 Å². The van der Waals surface area contributed by atoms with Crippen molar-refractivity contribution in [2.75, 3.05) is 39.4 Å². The molecule has 0 aromatic heterocycles. The molecule has 0 atom stereocenters. The summed E-state index contributed by atoms with van der Waals surface area (Å²) in [6.45, 7) is 4.16. The van der Waals surface area contributed by atoms with Gasteiger partial charge in [0.05, 0.1) is 36.1 Å². The summed E-state index contributed by atoms with van der Waals surface area (Å²) in [5.74, 6) is 0. The number of nitrogens with one attached hydrogen (secondary N) is 2. The number of hydrogen-bond acceptors (Lipinski definition) is 5. The lowest BCUT2D eigenvalue weighted by atomic mass is 10.3. The van der Waals surface area contributed by atoms with Gasteiger partial charge in [0.25, 0.3) is 5.69 Å². The molecule has 0 aliphatic carbocycles. The second-order valence-electron chi connectivity index (χ2n) is 4.76. The molecule has 1 aliphatic rings. The Hall–Kier alpha value is -1.55. The zero-order chi connectivity index (χ0) is 15.3. The minimum absolute atomic E-state index is 0.0325. The highest BCUT2D eigenvalue weighted by atomic mass is 32.2. The van der Waals surface area contributed by atoms with E-state index in [4.69, 9.17) is 4.74 Å². The fourth-order valence-electron chi connectivity index (χ4n) is 2.10. The molecule has 21 heavy (non-hydrogen) atoms. The number of sulfonamides is 1. The Balaban J connectivity index is 1.90. The highest BCUT2D eigenvalue weighted by molar-refractivity contribution is 7.89. The van der Waals surface area contributed by atoms with E-state index in [0.29, 0.717) is 26.3 Å². The second kappa shape index (κ2) is 6.94. The van der Waals surface area contributed by atoms with Crippen molar-refractivity contribution in [1.29, 1.82) is 0 Å². The SMILES string of the molecule is O=[N+]([O-])c1ccc(S(=O)(=O)NCC[NH+]2CCOCC2)cc1. The maximum atomic E-state index is 12.0. The zero-order valence-corrected chi connectivity index (χ0v) is 12.3. The Morgan fingerprint density at radius 3 is 2.43 bits per heavy atom. The van der Waals surface area contributed by atoms with Crippen LogP contribution in [0, 0.1) is 10.1 Å². The Morgan fingerprint density at radius 1 is 1.24 bits per heavy atom. The largest absolute Gasteiger partial charge is 0.370 e. The van der Waals surface area contributed by atoms with Gasteiger partial charge in [0.15, 0.2) is 0 Å². The molecular weight excluding hydrogens is 298 g/mol. The highest BCUT2D eigenvalue weighted by Gasteiger charge is 2.18. The number of nitro benzene ring substituents is 1. The van der Waals surface area contributed by atoms with Gasteiger partial charge in [-0.3, -0.25) is 10.1 Å². The molecule has 0 spiro atoms. The predicted octanol–water partition coefficient (Wildman–Crippen LogP) is -1.21. The quantitative estimate of drug-likeness (QED) is 0.506. The molecular formula is C12H18N3O5S+. The van der Waals surface area contributed by atoms with Crippen LogP contribution < -0.4 is 9.62 Å². The number of hydrogen-bond donors (Lipinski definition) is 2. The van der Waals surface area contributed by atoms with E-state index in [9.17, 15) is 18.5 Å². The maximum absolute atomic E-state index is 12.0. The lowest BCUT2D eigenvalue weighted by Gasteiger charge is -2.23. The molecule has 1 heterocycles.